The summed E-state index contributed by atoms with van der Waals surface area (Å²) in [5, 5.41) is 4.09. The molecule has 2 aromatic carbocycles. The van der Waals surface area contributed by atoms with E-state index in [1.54, 1.807) is 0 Å². The van der Waals surface area contributed by atoms with Crippen LogP contribution in [-0.4, -0.2) is 0 Å². The fraction of sp³-hybridized carbons (Fsp3) is 0.143. The first kappa shape index (κ1) is 13.7. The summed E-state index contributed by atoms with van der Waals surface area (Å²) in [6, 6.07) is 14.0. The molecule has 0 aromatic heterocycles. The van der Waals surface area contributed by atoms with E-state index in [9.17, 15) is 0 Å². The molecular formula is C14H12BrCl2N. The van der Waals surface area contributed by atoms with Crippen LogP contribution in [0.5, 0.6) is 0 Å². The van der Waals surface area contributed by atoms with Crippen molar-refractivity contribution in [3.8, 4) is 0 Å². The molecule has 0 bridgehead atoms. The maximum Gasteiger partial charge on any atom is 0.0474 e. The normalized spacial score (nSPS) is 10.4. The van der Waals surface area contributed by atoms with Gasteiger partial charge in [0.15, 0.2) is 0 Å². The van der Waals surface area contributed by atoms with Gasteiger partial charge in [0, 0.05) is 27.6 Å². The predicted octanol–water partition coefficient (Wildman–Crippen LogP) is 5.45. The minimum absolute atomic E-state index is 0.540. The lowest BCUT2D eigenvalue weighted by Crippen LogP contribution is -2.00. The highest BCUT2D eigenvalue weighted by molar-refractivity contribution is 9.10. The van der Waals surface area contributed by atoms with Gasteiger partial charge in [-0.2, -0.15) is 0 Å². The summed E-state index contributed by atoms with van der Waals surface area (Å²) in [4.78, 5) is 0. The zero-order valence-corrected chi connectivity index (χ0v) is 12.7. The second-order valence-corrected chi connectivity index (χ2v) is 5.51. The maximum atomic E-state index is 6.16. The number of alkyl halides is 1. The average molecular weight is 345 g/mol. The van der Waals surface area contributed by atoms with Gasteiger partial charge in [-0.3, -0.25) is 0 Å². The zero-order chi connectivity index (χ0) is 13.0. The first-order valence-electron chi connectivity index (χ1n) is 5.52. The third kappa shape index (κ3) is 3.64. The predicted molar refractivity (Wildman–Crippen MR) is 82.5 cm³/mol. The Hall–Kier alpha value is -0.700. The first-order valence-corrected chi connectivity index (χ1v) is 7.22. The van der Waals surface area contributed by atoms with Crippen molar-refractivity contribution in [2.24, 2.45) is 0 Å². The molecule has 0 atom stereocenters. The van der Waals surface area contributed by atoms with Gasteiger partial charge in [0.05, 0.1) is 0 Å². The Morgan fingerprint density at radius 1 is 1.06 bits per heavy atom. The molecule has 0 unspecified atom stereocenters. The standard InChI is InChI=1S/C14H12BrCl2N/c15-12-4-3-11(14(17)7-12)9-18-13-5-1-10(8-16)2-6-13/h1-7,18H,8-9H2. The minimum atomic E-state index is 0.540. The molecule has 0 saturated heterocycles. The number of hydrogen-bond donors (Lipinski definition) is 1. The summed E-state index contributed by atoms with van der Waals surface area (Å²) < 4.78 is 0.989. The molecular weight excluding hydrogens is 333 g/mol. The second-order valence-electron chi connectivity index (χ2n) is 3.92. The van der Waals surface area contributed by atoms with Crippen molar-refractivity contribution in [2.45, 2.75) is 12.4 Å². The molecule has 0 aliphatic carbocycles. The van der Waals surface area contributed by atoms with Crippen LogP contribution in [0.1, 0.15) is 11.1 Å². The van der Waals surface area contributed by atoms with Gasteiger partial charge >= 0.3 is 0 Å². The number of anilines is 1. The van der Waals surface area contributed by atoms with Gasteiger partial charge in [-0.1, -0.05) is 45.7 Å². The summed E-state index contributed by atoms with van der Waals surface area (Å²) >= 11 is 15.3. The molecule has 4 heteroatoms. The third-order valence-corrected chi connectivity index (χ3v) is 3.76. The van der Waals surface area contributed by atoms with Crippen LogP contribution in [0, 0.1) is 0 Å². The van der Waals surface area contributed by atoms with E-state index < -0.39 is 0 Å². The number of halogens is 3. The van der Waals surface area contributed by atoms with E-state index >= 15 is 0 Å². The Kier molecular flexibility index (Phi) is 4.93. The lowest BCUT2D eigenvalue weighted by atomic mass is 10.2. The van der Waals surface area contributed by atoms with Gasteiger partial charge in [0.1, 0.15) is 0 Å². The molecule has 1 nitrogen and oxygen atoms in total. The Morgan fingerprint density at radius 3 is 2.39 bits per heavy atom. The largest absolute Gasteiger partial charge is 0.381 e. The van der Waals surface area contributed by atoms with Crippen LogP contribution in [0.2, 0.25) is 5.02 Å². The van der Waals surface area contributed by atoms with E-state index in [4.69, 9.17) is 23.2 Å². The maximum absolute atomic E-state index is 6.16. The number of rotatable bonds is 4. The Labute approximate surface area is 125 Å². The van der Waals surface area contributed by atoms with Crippen LogP contribution in [-0.2, 0) is 12.4 Å². The van der Waals surface area contributed by atoms with Crippen LogP contribution in [0.25, 0.3) is 0 Å². The minimum Gasteiger partial charge on any atom is -0.381 e. The summed E-state index contributed by atoms with van der Waals surface area (Å²) in [7, 11) is 0. The monoisotopic (exact) mass is 343 g/mol. The van der Waals surface area contributed by atoms with Crippen LogP contribution < -0.4 is 5.32 Å². The molecule has 0 heterocycles. The van der Waals surface area contributed by atoms with Crippen LogP contribution in [0.4, 0.5) is 5.69 Å². The van der Waals surface area contributed by atoms with Gasteiger partial charge < -0.3 is 5.32 Å². The highest BCUT2D eigenvalue weighted by atomic mass is 79.9. The van der Waals surface area contributed by atoms with Crippen molar-refractivity contribution in [3.05, 3.63) is 63.1 Å². The Morgan fingerprint density at radius 2 is 1.78 bits per heavy atom. The topological polar surface area (TPSA) is 12.0 Å². The quantitative estimate of drug-likeness (QED) is 0.727. The number of hydrogen-bond acceptors (Lipinski definition) is 1. The van der Waals surface area contributed by atoms with Gasteiger partial charge in [0.25, 0.3) is 0 Å². The van der Waals surface area contributed by atoms with Gasteiger partial charge in [-0.25, -0.2) is 0 Å². The van der Waals surface area contributed by atoms with Crippen LogP contribution in [0.3, 0.4) is 0 Å². The highest BCUT2D eigenvalue weighted by Crippen LogP contribution is 2.22. The molecule has 0 spiro atoms. The number of nitrogens with one attached hydrogen (secondary N) is 1. The molecule has 2 rings (SSSR count). The number of benzene rings is 2. The fourth-order valence-corrected chi connectivity index (χ4v) is 2.49. The molecule has 0 aliphatic heterocycles. The highest BCUT2D eigenvalue weighted by Gasteiger charge is 2.01. The van der Waals surface area contributed by atoms with Gasteiger partial charge in [0.2, 0.25) is 0 Å². The fourth-order valence-electron chi connectivity index (χ4n) is 1.57. The van der Waals surface area contributed by atoms with E-state index in [0.717, 1.165) is 26.3 Å². The SMILES string of the molecule is ClCc1ccc(NCc2ccc(Br)cc2Cl)cc1. The molecule has 18 heavy (non-hydrogen) atoms. The summed E-state index contributed by atoms with van der Waals surface area (Å²) in [6.07, 6.45) is 0. The molecule has 0 amide bonds. The summed E-state index contributed by atoms with van der Waals surface area (Å²) in [6.45, 7) is 0.701. The lowest BCUT2D eigenvalue weighted by Gasteiger charge is -2.09. The third-order valence-electron chi connectivity index (χ3n) is 2.61. The average Bonchev–Trinajstić information content (AvgIpc) is 2.38. The molecule has 0 radical (unpaired) electrons. The second kappa shape index (κ2) is 6.46. The van der Waals surface area contributed by atoms with Crippen molar-refractivity contribution in [2.75, 3.05) is 5.32 Å². The van der Waals surface area contributed by atoms with Crippen LogP contribution in [0.15, 0.2) is 46.9 Å². The van der Waals surface area contributed by atoms with Crippen molar-refractivity contribution in [1.82, 2.24) is 0 Å². The molecule has 0 fully saturated rings. The van der Waals surface area contributed by atoms with E-state index in [1.807, 2.05) is 42.5 Å². The Balaban J connectivity index is 2.02. The molecule has 0 aliphatic rings. The van der Waals surface area contributed by atoms with Crippen LogP contribution >= 0.6 is 39.1 Å². The van der Waals surface area contributed by atoms with Gasteiger partial charge in [-0.15, -0.1) is 11.6 Å². The summed E-state index contributed by atoms with van der Waals surface area (Å²) in [5.74, 6) is 0.540. The first-order chi connectivity index (χ1) is 8.69. The lowest BCUT2D eigenvalue weighted by molar-refractivity contribution is 1.15. The van der Waals surface area contributed by atoms with Crippen molar-refractivity contribution in [3.63, 3.8) is 0 Å². The molecule has 1 N–H and O–H groups in total. The Bertz CT molecular complexity index is 526. The van der Waals surface area contributed by atoms with Gasteiger partial charge in [-0.05, 0) is 35.4 Å². The molecule has 2 aromatic rings. The van der Waals surface area contributed by atoms with Crippen molar-refractivity contribution >= 4 is 44.8 Å². The van der Waals surface area contributed by atoms with E-state index in [0.29, 0.717) is 12.4 Å². The zero-order valence-electron chi connectivity index (χ0n) is 9.59. The van der Waals surface area contributed by atoms with Crippen molar-refractivity contribution in [1.29, 1.82) is 0 Å². The smallest absolute Gasteiger partial charge is 0.0474 e. The molecule has 0 saturated carbocycles. The van der Waals surface area contributed by atoms with E-state index in [2.05, 4.69) is 21.2 Å². The van der Waals surface area contributed by atoms with E-state index in [-0.39, 0.29) is 0 Å². The summed E-state index contributed by atoms with van der Waals surface area (Å²) in [5.41, 5.74) is 3.24. The van der Waals surface area contributed by atoms with E-state index in [1.165, 1.54) is 0 Å². The van der Waals surface area contributed by atoms with Crippen molar-refractivity contribution < 1.29 is 0 Å². The molecule has 94 valence electrons.